The van der Waals surface area contributed by atoms with Crippen LogP contribution < -0.4 is 10.9 Å². The number of halogens is 4. The molecular formula is C14H12F4N2O. The summed E-state index contributed by atoms with van der Waals surface area (Å²) in [6.07, 6.45) is -4.64. The van der Waals surface area contributed by atoms with Crippen LogP contribution in [0.25, 0.3) is 10.9 Å². The number of fused-ring (bicyclic) bond motifs is 1. The molecule has 0 atom stereocenters. The molecule has 21 heavy (non-hydrogen) atoms. The van der Waals surface area contributed by atoms with Gasteiger partial charge in [-0.2, -0.15) is 13.2 Å². The minimum Gasteiger partial charge on any atom is -0.381 e. The van der Waals surface area contributed by atoms with Crippen molar-refractivity contribution in [1.29, 1.82) is 0 Å². The average Bonchev–Trinajstić information content (AvgIpc) is 2.34. The molecule has 1 aromatic carbocycles. The third-order valence-corrected chi connectivity index (χ3v) is 3.61. The minimum absolute atomic E-state index is 0.0905. The van der Waals surface area contributed by atoms with Crippen LogP contribution in [0.15, 0.2) is 29.1 Å². The Balaban J connectivity index is 2.02. The molecule has 0 unspecified atom stereocenters. The number of rotatable bonds is 2. The number of hydrogen-bond acceptors (Lipinski definition) is 2. The maximum atomic E-state index is 12.8. The summed E-state index contributed by atoms with van der Waals surface area (Å²) >= 11 is 0. The number of alkyl halides is 4. The van der Waals surface area contributed by atoms with E-state index >= 15 is 0 Å². The lowest BCUT2D eigenvalue weighted by Gasteiger charge is -2.31. The lowest BCUT2D eigenvalue weighted by molar-refractivity contribution is -0.137. The molecule has 0 bridgehead atoms. The highest BCUT2D eigenvalue weighted by Gasteiger charge is 2.31. The number of H-pyrrole nitrogens is 1. The molecule has 2 aromatic rings. The van der Waals surface area contributed by atoms with E-state index in [0.29, 0.717) is 23.9 Å². The Hall–Kier alpha value is -2.05. The first-order valence-electron chi connectivity index (χ1n) is 6.48. The lowest BCUT2D eigenvalue weighted by atomic mass is 9.90. The number of hydrogen-bond donors (Lipinski definition) is 2. The van der Waals surface area contributed by atoms with Gasteiger partial charge in [0.2, 0.25) is 5.56 Å². The van der Waals surface area contributed by atoms with Crippen molar-refractivity contribution < 1.29 is 17.6 Å². The monoisotopic (exact) mass is 300 g/mol. The highest BCUT2D eigenvalue weighted by molar-refractivity contribution is 5.91. The van der Waals surface area contributed by atoms with Crippen LogP contribution >= 0.6 is 0 Å². The summed E-state index contributed by atoms with van der Waals surface area (Å²) < 4.78 is 50.9. The summed E-state index contributed by atoms with van der Waals surface area (Å²) in [5, 5.41) is 3.49. The smallest absolute Gasteiger partial charge is 0.381 e. The lowest BCUT2D eigenvalue weighted by Crippen LogP contribution is -2.36. The number of aromatic amines is 1. The zero-order valence-electron chi connectivity index (χ0n) is 10.8. The van der Waals surface area contributed by atoms with Gasteiger partial charge in [-0.3, -0.25) is 4.79 Å². The van der Waals surface area contributed by atoms with Gasteiger partial charge in [-0.15, -0.1) is 0 Å². The van der Waals surface area contributed by atoms with Crippen LogP contribution in [-0.2, 0) is 6.18 Å². The molecular weight excluding hydrogens is 288 g/mol. The van der Waals surface area contributed by atoms with Crippen LogP contribution in [-0.4, -0.2) is 17.2 Å². The minimum atomic E-state index is -4.47. The van der Waals surface area contributed by atoms with Crippen molar-refractivity contribution in [2.45, 2.75) is 31.2 Å². The van der Waals surface area contributed by atoms with Gasteiger partial charge in [0.25, 0.3) is 0 Å². The topological polar surface area (TPSA) is 44.9 Å². The van der Waals surface area contributed by atoms with Gasteiger partial charge in [-0.05, 0) is 25.0 Å². The van der Waals surface area contributed by atoms with Gasteiger partial charge in [-0.25, -0.2) is 4.39 Å². The van der Waals surface area contributed by atoms with Crippen LogP contribution in [0.1, 0.15) is 18.4 Å². The van der Waals surface area contributed by atoms with Crippen molar-refractivity contribution >= 4 is 16.6 Å². The SMILES string of the molecule is O=c1cc(N[C@H]2C[C@@H](F)C2)c2ccc(C(F)(F)F)cc2[nH]1. The van der Waals surface area contributed by atoms with E-state index in [1.54, 1.807) is 0 Å². The molecule has 3 nitrogen and oxygen atoms in total. The molecule has 0 amide bonds. The number of benzene rings is 1. The van der Waals surface area contributed by atoms with Crippen LogP contribution in [0.5, 0.6) is 0 Å². The molecule has 1 aliphatic rings. The van der Waals surface area contributed by atoms with Crippen LogP contribution in [0.3, 0.4) is 0 Å². The summed E-state index contributed by atoms with van der Waals surface area (Å²) in [4.78, 5) is 14.0. The van der Waals surface area contributed by atoms with Crippen molar-refractivity contribution in [2.24, 2.45) is 0 Å². The van der Waals surface area contributed by atoms with Gasteiger partial charge in [0, 0.05) is 23.2 Å². The highest BCUT2D eigenvalue weighted by atomic mass is 19.4. The molecule has 0 saturated heterocycles. The van der Waals surface area contributed by atoms with Crippen molar-refractivity contribution in [2.75, 3.05) is 5.32 Å². The normalized spacial score (nSPS) is 22.1. The number of anilines is 1. The summed E-state index contributed by atoms with van der Waals surface area (Å²) in [5.74, 6) is 0. The number of aromatic nitrogens is 1. The first kappa shape index (κ1) is 13.9. The van der Waals surface area contributed by atoms with E-state index in [-0.39, 0.29) is 11.6 Å². The van der Waals surface area contributed by atoms with Gasteiger partial charge < -0.3 is 10.3 Å². The third kappa shape index (κ3) is 2.72. The van der Waals surface area contributed by atoms with Crippen LogP contribution in [0, 0.1) is 0 Å². The standard InChI is InChI=1S/C14H12F4N2O/c15-8-4-9(5-8)19-12-6-13(21)20-11-3-7(14(16,17)18)1-2-10(11)12/h1-3,6,8-9H,4-5H2,(H2,19,20,21)/t8-,9+. The molecule has 3 rings (SSSR count). The first-order valence-corrected chi connectivity index (χ1v) is 6.48. The Morgan fingerprint density at radius 1 is 1.19 bits per heavy atom. The van der Waals surface area contributed by atoms with E-state index in [9.17, 15) is 22.4 Å². The summed E-state index contributed by atoms with van der Waals surface area (Å²) in [5.41, 5.74) is -0.786. The summed E-state index contributed by atoms with van der Waals surface area (Å²) in [7, 11) is 0. The highest BCUT2D eigenvalue weighted by Crippen LogP contribution is 2.33. The molecule has 1 saturated carbocycles. The average molecular weight is 300 g/mol. The quantitative estimate of drug-likeness (QED) is 0.834. The Bertz CT molecular complexity index is 732. The van der Waals surface area contributed by atoms with Crippen molar-refractivity contribution in [3.63, 3.8) is 0 Å². The Labute approximate surface area is 117 Å². The van der Waals surface area contributed by atoms with E-state index in [1.807, 2.05) is 0 Å². The van der Waals surface area contributed by atoms with E-state index in [2.05, 4.69) is 10.3 Å². The van der Waals surface area contributed by atoms with Gasteiger partial charge in [-0.1, -0.05) is 6.07 Å². The molecule has 0 spiro atoms. The predicted molar refractivity (Wildman–Crippen MR) is 71.1 cm³/mol. The maximum Gasteiger partial charge on any atom is 0.416 e. The molecule has 1 heterocycles. The van der Waals surface area contributed by atoms with Gasteiger partial charge in [0.05, 0.1) is 11.1 Å². The predicted octanol–water partition coefficient (Wildman–Crippen LogP) is 3.46. The fourth-order valence-corrected chi connectivity index (χ4v) is 2.44. The van der Waals surface area contributed by atoms with Crippen molar-refractivity contribution in [1.82, 2.24) is 4.98 Å². The summed E-state index contributed by atoms with van der Waals surface area (Å²) in [6, 6.07) is 4.36. The zero-order chi connectivity index (χ0) is 15.2. The summed E-state index contributed by atoms with van der Waals surface area (Å²) in [6.45, 7) is 0. The van der Waals surface area contributed by atoms with E-state index in [0.717, 1.165) is 12.1 Å². The van der Waals surface area contributed by atoms with Crippen LogP contribution in [0.4, 0.5) is 23.2 Å². The van der Waals surface area contributed by atoms with Gasteiger partial charge in [0.1, 0.15) is 6.17 Å². The molecule has 1 aliphatic carbocycles. The zero-order valence-corrected chi connectivity index (χ0v) is 10.8. The Kier molecular flexibility index (Phi) is 3.15. The largest absolute Gasteiger partial charge is 0.416 e. The van der Waals surface area contributed by atoms with E-state index in [1.165, 1.54) is 12.1 Å². The maximum absolute atomic E-state index is 12.8. The fourth-order valence-electron chi connectivity index (χ4n) is 2.44. The molecule has 2 N–H and O–H groups in total. The number of pyridine rings is 1. The number of nitrogens with one attached hydrogen (secondary N) is 2. The van der Waals surface area contributed by atoms with Crippen molar-refractivity contribution in [3.05, 3.63) is 40.2 Å². The second-order valence-electron chi connectivity index (χ2n) is 5.22. The van der Waals surface area contributed by atoms with E-state index in [4.69, 9.17) is 0 Å². The van der Waals surface area contributed by atoms with Crippen molar-refractivity contribution in [3.8, 4) is 0 Å². The molecule has 112 valence electrons. The van der Waals surface area contributed by atoms with Gasteiger partial charge >= 0.3 is 6.18 Å². The second-order valence-corrected chi connectivity index (χ2v) is 5.22. The molecule has 0 aliphatic heterocycles. The molecule has 0 radical (unpaired) electrons. The molecule has 1 fully saturated rings. The second kappa shape index (κ2) is 4.75. The molecule has 7 heteroatoms. The first-order chi connectivity index (χ1) is 9.83. The van der Waals surface area contributed by atoms with Crippen LogP contribution in [0.2, 0.25) is 0 Å². The Morgan fingerprint density at radius 3 is 2.52 bits per heavy atom. The van der Waals surface area contributed by atoms with E-state index < -0.39 is 23.5 Å². The fraction of sp³-hybridized carbons (Fsp3) is 0.357. The van der Waals surface area contributed by atoms with Gasteiger partial charge in [0.15, 0.2) is 0 Å². The third-order valence-electron chi connectivity index (χ3n) is 3.61. The Morgan fingerprint density at radius 2 is 1.90 bits per heavy atom. The molecule has 1 aromatic heterocycles.